The molecule has 0 unspecified atom stereocenters. The van der Waals surface area contributed by atoms with Crippen LogP contribution in [0.25, 0.3) is 0 Å². The quantitative estimate of drug-likeness (QED) is 0.878. The summed E-state index contributed by atoms with van der Waals surface area (Å²) in [6.07, 6.45) is 0. The van der Waals surface area contributed by atoms with Gasteiger partial charge in [0.15, 0.2) is 0 Å². The predicted octanol–water partition coefficient (Wildman–Crippen LogP) is 2.90. The summed E-state index contributed by atoms with van der Waals surface area (Å²) in [6, 6.07) is 14.1. The Bertz CT molecular complexity index is 483. The van der Waals surface area contributed by atoms with Crippen LogP contribution < -0.4 is 4.74 Å². The molecule has 0 aromatic heterocycles. The van der Waals surface area contributed by atoms with Crippen LogP contribution in [0.1, 0.15) is 11.1 Å². The number of halogens is 1. The Balaban J connectivity index is 2.12. The first-order valence-corrected chi connectivity index (χ1v) is 5.36. The van der Waals surface area contributed by atoms with Crippen molar-refractivity contribution in [3.63, 3.8) is 0 Å². The summed E-state index contributed by atoms with van der Waals surface area (Å²) in [5.41, 5.74) is 1.20. The van der Waals surface area contributed by atoms with Crippen molar-refractivity contribution < 1.29 is 14.2 Å². The van der Waals surface area contributed by atoms with Crippen molar-refractivity contribution in [2.75, 3.05) is 0 Å². The molecule has 2 aromatic rings. The Morgan fingerprint density at radius 1 is 1.00 bits per heavy atom. The van der Waals surface area contributed by atoms with Gasteiger partial charge in [0.2, 0.25) is 0 Å². The average molecular weight is 232 g/mol. The van der Waals surface area contributed by atoms with Gasteiger partial charge in [-0.3, -0.25) is 0 Å². The molecule has 0 fully saturated rings. The minimum absolute atomic E-state index is 0.198. The summed E-state index contributed by atoms with van der Waals surface area (Å²) in [6.45, 7) is -0.00586. The van der Waals surface area contributed by atoms with Crippen LogP contribution in [0, 0.1) is 5.82 Å². The highest BCUT2D eigenvalue weighted by atomic mass is 19.1. The van der Waals surface area contributed by atoms with Crippen LogP contribution >= 0.6 is 0 Å². The van der Waals surface area contributed by atoms with Gasteiger partial charge >= 0.3 is 0 Å². The molecule has 0 saturated carbocycles. The molecular formula is C14H13FO2. The molecule has 0 radical (unpaired) electrons. The van der Waals surface area contributed by atoms with Gasteiger partial charge in [0.25, 0.3) is 0 Å². The first-order chi connectivity index (χ1) is 8.31. The molecule has 0 amide bonds. The highest BCUT2D eigenvalue weighted by Crippen LogP contribution is 2.22. The van der Waals surface area contributed by atoms with E-state index in [1.807, 2.05) is 30.3 Å². The van der Waals surface area contributed by atoms with Crippen molar-refractivity contribution in [2.24, 2.45) is 0 Å². The van der Waals surface area contributed by atoms with Crippen molar-refractivity contribution in [3.8, 4) is 5.75 Å². The van der Waals surface area contributed by atoms with Crippen LogP contribution in [0.15, 0.2) is 48.5 Å². The van der Waals surface area contributed by atoms with E-state index in [1.165, 1.54) is 6.07 Å². The van der Waals surface area contributed by atoms with Crippen molar-refractivity contribution in [1.29, 1.82) is 0 Å². The van der Waals surface area contributed by atoms with Crippen LogP contribution in [0.5, 0.6) is 5.75 Å². The summed E-state index contributed by atoms with van der Waals surface area (Å²) in [4.78, 5) is 0. The lowest BCUT2D eigenvalue weighted by atomic mass is 10.2. The fourth-order valence-electron chi connectivity index (χ4n) is 1.56. The van der Waals surface area contributed by atoms with E-state index in [-0.39, 0.29) is 12.2 Å². The molecule has 0 atom stereocenters. The Morgan fingerprint density at radius 2 is 1.76 bits per heavy atom. The number of ether oxygens (including phenoxy) is 1. The van der Waals surface area contributed by atoms with Gasteiger partial charge in [-0.15, -0.1) is 0 Å². The molecule has 0 aliphatic carbocycles. The zero-order chi connectivity index (χ0) is 12.1. The molecule has 3 heteroatoms. The van der Waals surface area contributed by atoms with E-state index in [0.717, 1.165) is 5.56 Å². The Morgan fingerprint density at radius 3 is 2.47 bits per heavy atom. The number of hydrogen-bond acceptors (Lipinski definition) is 2. The van der Waals surface area contributed by atoms with Crippen molar-refractivity contribution in [1.82, 2.24) is 0 Å². The molecular weight excluding hydrogens is 219 g/mol. The van der Waals surface area contributed by atoms with Gasteiger partial charge in [-0.05, 0) is 17.7 Å². The number of aliphatic hydroxyl groups excluding tert-OH is 1. The largest absolute Gasteiger partial charge is 0.488 e. The molecule has 2 nitrogen and oxygen atoms in total. The lowest BCUT2D eigenvalue weighted by molar-refractivity contribution is 0.252. The molecule has 0 bridgehead atoms. The summed E-state index contributed by atoms with van der Waals surface area (Å²) in [7, 11) is 0. The minimum Gasteiger partial charge on any atom is -0.488 e. The molecule has 2 rings (SSSR count). The molecule has 88 valence electrons. The molecule has 0 aliphatic heterocycles. The maximum Gasteiger partial charge on any atom is 0.132 e. The van der Waals surface area contributed by atoms with E-state index in [9.17, 15) is 4.39 Å². The first kappa shape index (κ1) is 11.6. The average Bonchev–Trinajstić information content (AvgIpc) is 2.37. The Hall–Kier alpha value is -1.87. The van der Waals surface area contributed by atoms with Gasteiger partial charge in [0, 0.05) is 0 Å². The molecule has 2 aromatic carbocycles. The zero-order valence-corrected chi connectivity index (χ0v) is 9.27. The highest BCUT2D eigenvalue weighted by Gasteiger charge is 2.08. The summed E-state index contributed by atoms with van der Waals surface area (Å²) < 4.78 is 18.8. The van der Waals surface area contributed by atoms with E-state index in [0.29, 0.717) is 12.4 Å². The van der Waals surface area contributed by atoms with Gasteiger partial charge < -0.3 is 9.84 Å². The fourth-order valence-corrected chi connectivity index (χ4v) is 1.56. The number of hydrogen-bond donors (Lipinski definition) is 1. The third-order valence-electron chi connectivity index (χ3n) is 2.47. The summed E-state index contributed by atoms with van der Waals surface area (Å²) in [5.74, 6) is -0.0607. The van der Waals surface area contributed by atoms with Crippen LogP contribution in [-0.2, 0) is 13.2 Å². The highest BCUT2D eigenvalue weighted by molar-refractivity contribution is 5.34. The molecule has 0 spiro atoms. The van der Waals surface area contributed by atoms with E-state index in [4.69, 9.17) is 9.84 Å². The van der Waals surface area contributed by atoms with Gasteiger partial charge in [-0.25, -0.2) is 4.39 Å². The standard InChI is InChI=1S/C14H13FO2/c15-13-7-4-8-14(12(13)9-16)17-10-11-5-2-1-3-6-11/h1-8,16H,9-10H2. The lowest BCUT2D eigenvalue weighted by Crippen LogP contribution is -2.00. The van der Waals surface area contributed by atoms with E-state index in [1.54, 1.807) is 12.1 Å². The van der Waals surface area contributed by atoms with Gasteiger partial charge in [0.1, 0.15) is 18.2 Å². The number of benzene rings is 2. The Labute approximate surface area is 99.3 Å². The topological polar surface area (TPSA) is 29.5 Å². The van der Waals surface area contributed by atoms with Crippen LogP contribution in [-0.4, -0.2) is 5.11 Å². The molecule has 17 heavy (non-hydrogen) atoms. The van der Waals surface area contributed by atoms with E-state index < -0.39 is 5.82 Å². The van der Waals surface area contributed by atoms with Gasteiger partial charge in [-0.1, -0.05) is 36.4 Å². The van der Waals surface area contributed by atoms with Crippen molar-refractivity contribution in [2.45, 2.75) is 13.2 Å². The SMILES string of the molecule is OCc1c(F)cccc1OCc1ccccc1. The summed E-state index contributed by atoms with van der Waals surface area (Å²) in [5, 5.41) is 9.08. The van der Waals surface area contributed by atoms with Crippen molar-refractivity contribution >= 4 is 0 Å². The van der Waals surface area contributed by atoms with E-state index in [2.05, 4.69) is 0 Å². The second kappa shape index (κ2) is 5.46. The van der Waals surface area contributed by atoms with Crippen LogP contribution in [0.3, 0.4) is 0 Å². The van der Waals surface area contributed by atoms with Crippen LogP contribution in [0.4, 0.5) is 4.39 Å². The Kier molecular flexibility index (Phi) is 3.73. The fraction of sp³-hybridized carbons (Fsp3) is 0.143. The number of rotatable bonds is 4. The third kappa shape index (κ3) is 2.82. The predicted molar refractivity (Wildman–Crippen MR) is 63.1 cm³/mol. The second-order valence-electron chi connectivity index (χ2n) is 3.65. The lowest BCUT2D eigenvalue weighted by Gasteiger charge is -2.10. The maximum atomic E-state index is 13.3. The molecule has 0 heterocycles. The van der Waals surface area contributed by atoms with Gasteiger partial charge in [0.05, 0.1) is 12.2 Å². The normalized spacial score (nSPS) is 10.2. The molecule has 0 saturated heterocycles. The molecule has 1 N–H and O–H groups in total. The monoisotopic (exact) mass is 232 g/mol. The zero-order valence-electron chi connectivity index (χ0n) is 9.27. The van der Waals surface area contributed by atoms with Crippen LogP contribution in [0.2, 0.25) is 0 Å². The summed E-state index contributed by atoms with van der Waals surface area (Å²) >= 11 is 0. The maximum absolute atomic E-state index is 13.3. The third-order valence-corrected chi connectivity index (χ3v) is 2.47. The van der Waals surface area contributed by atoms with Crippen molar-refractivity contribution in [3.05, 3.63) is 65.5 Å². The smallest absolute Gasteiger partial charge is 0.132 e. The van der Waals surface area contributed by atoms with Gasteiger partial charge in [-0.2, -0.15) is 0 Å². The minimum atomic E-state index is -0.446. The first-order valence-electron chi connectivity index (χ1n) is 5.36. The number of aliphatic hydroxyl groups is 1. The molecule has 0 aliphatic rings. The second-order valence-corrected chi connectivity index (χ2v) is 3.65. The van der Waals surface area contributed by atoms with E-state index >= 15 is 0 Å².